The Balaban J connectivity index is 1.87. The number of hydrogen-bond acceptors (Lipinski definition) is 4. The van der Waals surface area contributed by atoms with Crippen LogP contribution in [0.1, 0.15) is 11.1 Å². The fraction of sp³-hybridized carbons (Fsp3) is 0. The van der Waals surface area contributed by atoms with E-state index in [0.29, 0.717) is 0 Å². The number of hydrogen-bond donors (Lipinski definition) is 3. The average Bonchev–Trinajstić information content (AvgIpc) is 2.56. The summed E-state index contributed by atoms with van der Waals surface area (Å²) in [4.78, 5) is 11.7. The third-order valence-electron chi connectivity index (χ3n) is 2.74. The van der Waals surface area contributed by atoms with Crippen molar-refractivity contribution in [3.05, 3.63) is 71.8 Å². The van der Waals surface area contributed by atoms with Gasteiger partial charge in [-0.25, -0.2) is 0 Å². The molecule has 0 fully saturated rings. The largest absolute Gasteiger partial charge is 0.508 e. The molecule has 0 atom stereocenters. The smallest absolute Gasteiger partial charge is 0.250 e. The number of phenolic OH excluding ortho intramolecular Hbond substituents is 1. The highest BCUT2D eigenvalue weighted by Gasteiger charge is 1.97. The van der Waals surface area contributed by atoms with Gasteiger partial charge in [-0.1, -0.05) is 30.3 Å². The molecule has 2 aromatic carbocycles. The first-order valence-electron chi connectivity index (χ1n) is 6.83. The molecule has 0 bridgehead atoms. The molecule has 0 unspecified atom stereocenters. The molecule has 2 rings (SSSR count). The highest BCUT2D eigenvalue weighted by molar-refractivity contribution is 6.03. The second-order valence-electron chi connectivity index (χ2n) is 4.55. The van der Waals surface area contributed by atoms with E-state index in [4.69, 9.17) is 10.8 Å². The van der Waals surface area contributed by atoms with Crippen LogP contribution in [0.5, 0.6) is 5.75 Å². The Kier molecular flexibility index (Phi) is 5.65. The van der Waals surface area contributed by atoms with Gasteiger partial charge in [-0.2, -0.15) is 5.10 Å². The van der Waals surface area contributed by atoms with E-state index in [0.717, 1.165) is 11.1 Å². The number of carbonyl (C=O) groups excluding carboxylic acids is 1. The van der Waals surface area contributed by atoms with Gasteiger partial charge in [0.1, 0.15) is 5.75 Å². The predicted octanol–water partition coefficient (Wildman–Crippen LogP) is 1.87. The van der Waals surface area contributed by atoms with E-state index >= 15 is 0 Å². The number of benzene rings is 2. The average molecular weight is 308 g/mol. The van der Waals surface area contributed by atoms with Crippen molar-refractivity contribution < 1.29 is 9.90 Å². The Morgan fingerprint density at radius 2 is 1.74 bits per heavy atom. The van der Waals surface area contributed by atoms with E-state index in [1.165, 1.54) is 24.4 Å². The molecule has 6 heteroatoms. The molecule has 0 heterocycles. The first-order valence-corrected chi connectivity index (χ1v) is 6.83. The second kappa shape index (κ2) is 8.14. The van der Waals surface area contributed by atoms with Crippen LogP contribution in [0, 0.1) is 0 Å². The molecule has 0 spiro atoms. The SMILES string of the molecule is N/C(=N\N=C/c1ccc(O)cc1)NC(=O)/C=C/c1ccccc1. The van der Waals surface area contributed by atoms with Gasteiger partial charge in [-0.3, -0.25) is 10.1 Å². The van der Waals surface area contributed by atoms with Crippen LogP contribution in [-0.2, 0) is 4.79 Å². The molecular weight excluding hydrogens is 292 g/mol. The summed E-state index contributed by atoms with van der Waals surface area (Å²) in [6.45, 7) is 0. The number of nitrogens with zero attached hydrogens (tertiary/aromatic N) is 2. The summed E-state index contributed by atoms with van der Waals surface area (Å²) in [6, 6.07) is 15.8. The van der Waals surface area contributed by atoms with Crippen LogP contribution in [0.2, 0.25) is 0 Å². The molecule has 1 amide bonds. The summed E-state index contributed by atoms with van der Waals surface area (Å²) in [5.41, 5.74) is 7.21. The molecule has 0 aliphatic carbocycles. The minimum Gasteiger partial charge on any atom is -0.508 e. The van der Waals surface area contributed by atoms with Gasteiger partial charge in [0.05, 0.1) is 6.21 Å². The van der Waals surface area contributed by atoms with Gasteiger partial charge in [0, 0.05) is 6.08 Å². The van der Waals surface area contributed by atoms with E-state index in [2.05, 4.69) is 15.5 Å². The molecule has 4 N–H and O–H groups in total. The van der Waals surface area contributed by atoms with Crippen LogP contribution in [-0.4, -0.2) is 23.2 Å². The zero-order valence-electron chi connectivity index (χ0n) is 12.3. The molecule has 0 aromatic heterocycles. The van der Waals surface area contributed by atoms with Crippen molar-refractivity contribution >= 4 is 24.2 Å². The molecule has 0 aliphatic heterocycles. The molecule has 116 valence electrons. The monoisotopic (exact) mass is 308 g/mol. The highest BCUT2D eigenvalue weighted by atomic mass is 16.3. The van der Waals surface area contributed by atoms with Gasteiger partial charge >= 0.3 is 0 Å². The summed E-state index contributed by atoms with van der Waals surface area (Å²) in [7, 11) is 0. The highest BCUT2D eigenvalue weighted by Crippen LogP contribution is 2.07. The number of nitrogens with one attached hydrogen (secondary N) is 1. The lowest BCUT2D eigenvalue weighted by atomic mass is 10.2. The Bertz CT molecular complexity index is 735. The maximum atomic E-state index is 11.7. The van der Waals surface area contributed by atoms with Crippen molar-refractivity contribution in [3.8, 4) is 5.75 Å². The first-order chi connectivity index (χ1) is 11.1. The molecule has 0 saturated heterocycles. The van der Waals surface area contributed by atoms with Gasteiger partial charge in [0.25, 0.3) is 5.91 Å². The number of phenols is 1. The van der Waals surface area contributed by atoms with Crippen LogP contribution in [0.4, 0.5) is 0 Å². The van der Waals surface area contributed by atoms with Gasteiger partial charge in [-0.05, 0) is 41.5 Å². The standard InChI is InChI=1S/C17H16N4O2/c18-17(21-19-12-14-6-9-15(22)10-7-14)20-16(23)11-8-13-4-2-1-3-5-13/h1-12,22H,(H3,18,20,21,23)/b11-8+,19-12-. The molecule has 23 heavy (non-hydrogen) atoms. The fourth-order valence-electron chi connectivity index (χ4n) is 1.65. The van der Waals surface area contributed by atoms with Gasteiger partial charge < -0.3 is 10.8 Å². The number of nitrogens with two attached hydrogens (primary N) is 1. The number of rotatable bonds is 4. The maximum Gasteiger partial charge on any atom is 0.250 e. The zero-order valence-corrected chi connectivity index (χ0v) is 12.3. The molecule has 6 nitrogen and oxygen atoms in total. The summed E-state index contributed by atoms with van der Waals surface area (Å²) >= 11 is 0. The van der Waals surface area contributed by atoms with E-state index < -0.39 is 5.91 Å². The normalized spacial score (nSPS) is 11.9. The van der Waals surface area contributed by atoms with Crippen molar-refractivity contribution in [2.45, 2.75) is 0 Å². The Hall–Kier alpha value is -3.41. The number of aromatic hydroxyl groups is 1. The lowest BCUT2D eigenvalue weighted by molar-refractivity contribution is -0.115. The van der Waals surface area contributed by atoms with E-state index in [9.17, 15) is 4.79 Å². The molecule has 0 saturated carbocycles. The van der Waals surface area contributed by atoms with Crippen LogP contribution in [0.25, 0.3) is 6.08 Å². The minimum atomic E-state index is -0.394. The van der Waals surface area contributed by atoms with Gasteiger partial charge in [0.15, 0.2) is 0 Å². The predicted molar refractivity (Wildman–Crippen MR) is 90.9 cm³/mol. The fourth-order valence-corrected chi connectivity index (χ4v) is 1.65. The molecule has 0 radical (unpaired) electrons. The first kappa shape index (κ1) is 16.0. The lowest BCUT2D eigenvalue weighted by Crippen LogP contribution is -2.35. The quantitative estimate of drug-likeness (QED) is 0.348. The summed E-state index contributed by atoms with van der Waals surface area (Å²) in [5, 5.41) is 19.0. The second-order valence-corrected chi connectivity index (χ2v) is 4.55. The van der Waals surface area contributed by atoms with Crippen LogP contribution in [0.15, 0.2) is 70.9 Å². The lowest BCUT2D eigenvalue weighted by Gasteiger charge is -1.98. The van der Waals surface area contributed by atoms with E-state index in [-0.39, 0.29) is 11.7 Å². The van der Waals surface area contributed by atoms with Crippen molar-refractivity contribution in [2.24, 2.45) is 15.9 Å². The number of carbonyl (C=O) groups is 1. The van der Waals surface area contributed by atoms with E-state index in [1.54, 1.807) is 18.2 Å². The van der Waals surface area contributed by atoms with Crippen molar-refractivity contribution in [1.29, 1.82) is 0 Å². The van der Waals surface area contributed by atoms with Crippen molar-refractivity contribution in [1.82, 2.24) is 5.32 Å². The minimum absolute atomic E-state index is 0.109. The topological polar surface area (TPSA) is 100 Å². The number of amides is 1. The summed E-state index contributed by atoms with van der Waals surface area (Å²) in [6.07, 6.45) is 4.49. The Morgan fingerprint density at radius 1 is 1.04 bits per heavy atom. The van der Waals surface area contributed by atoms with Crippen LogP contribution in [0.3, 0.4) is 0 Å². The molecule has 0 aliphatic rings. The van der Waals surface area contributed by atoms with Gasteiger partial charge in [0.2, 0.25) is 5.96 Å². The summed E-state index contributed by atoms with van der Waals surface area (Å²) < 4.78 is 0. The third-order valence-corrected chi connectivity index (χ3v) is 2.74. The van der Waals surface area contributed by atoms with Crippen molar-refractivity contribution in [2.75, 3.05) is 0 Å². The van der Waals surface area contributed by atoms with Crippen molar-refractivity contribution in [3.63, 3.8) is 0 Å². The van der Waals surface area contributed by atoms with Crippen LogP contribution < -0.4 is 11.1 Å². The summed E-state index contributed by atoms with van der Waals surface area (Å²) in [5.74, 6) is -0.333. The van der Waals surface area contributed by atoms with E-state index in [1.807, 2.05) is 30.3 Å². The van der Waals surface area contributed by atoms with Gasteiger partial charge in [-0.15, -0.1) is 5.10 Å². The Labute approximate surface area is 133 Å². The number of guanidine groups is 1. The molecule has 2 aromatic rings. The Morgan fingerprint density at radius 3 is 2.43 bits per heavy atom. The third kappa shape index (κ3) is 5.84. The van der Waals surface area contributed by atoms with Crippen LogP contribution >= 0.6 is 0 Å². The maximum absolute atomic E-state index is 11.7. The zero-order chi connectivity index (χ0) is 16.5. The molecular formula is C17H16N4O2.